The average molecular weight is 248 g/mol. The smallest absolute Gasteiger partial charge is 0.274 e. The fourth-order valence-corrected chi connectivity index (χ4v) is 1.38. The average Bonchev–Trinajstić information content (AvgIpc) is 2.42. The number of aromatic nitrogens is 2. The molecule has 0 bridgehead atoms. The zero-order valence-electron chi connectivity index (χ0n) is 7.61. The van der Waals surface area contributed by atoms with Gasteiger partial charge in [-0.15, -0.1) is 0 Å². The number of hydrogen-bond donors (Lipinski definition) is 0. The topological polar surface area (TPSA) is 47.4 Å². The molecule has 72 valence electrons. The van der Waals surface area contributed by atoms with Gasteiger partial charge in [0.1, 0.15) is 4.60 Å². The molecule has 6 heteroatoms. The predicted octanol–water partition coefficient (Wildman–Crippen LogP) is 0.816. The second kappa shape index (κ2) is 3.89. The Kier molecular flexibility index (Phi) is 3.05. The van der Waals surface area contributed by atoms with E-state index >= 15 is 0 Å². The molecule has 1 aromatic rings. The molecule has 1 aromatic heterocycles. The van der Waals surface area contributed by atoms with Crippen molar-refractivity contribution in [2.75, 3.05) is 14.2 Å². The van der Waals surface area contributed by atoms with E-state index in [0.717, 1.165) is 5.06 Å². The van der Waals surface area contributed by atoms with Gasteiger partial charge in [-0.05, 0) is 15.9 Å². The minimum absolute atomic E-state index is 0.234. The Labute approximate surface area is 84.4 Å². The Morgan fingerprint density at radius 1 is 1.77 bits per heavy atom. The fourth-order valence-electron chi connectivity index (χ4n) is 0.857. The number of rotatable bonds is 2. The second-order valence-corrected chi connectivity index (χ2v) is 3.24. The Balaban J connectivity index is 2.94. The number of aryl methyl sites for hydroxylation is 1. The van der Waals surface area contributed by atoms with Crippen LogP contribution in [0.2, 0.25) is 0 Å². The van der Waals surface area contributed by atoms with E-state index in [1.165, 1.54) is 7.11 Å². The van der Waals surface area contributed by atoms with Crippen molar-refractivity contribution in [2.45, 2.75) is 0 Å². The van der Waals surface area contributed by atoms with E-state index in [0.29, 0.717) is 10.2 Å². The molecule has 0 saturated carbocycles. The Morgan fingerprint density at radius 2 is 2.38 bits per heavy atom. The van der Waals surface area contributed by atoms with Gasteiger partial charge in [0, 0.05) is 20.3 Å². The van der Waals surface area contributed by atoms with E-state index in [4.69, 9.17) is 4.84 Å². The van der Waals surface area contributed by atoms with E-state index < -0.39 is 0 Å². The molecule has 0 N–H and O–H groups in total. The summed E-state index contributed by atoms with van der Waals surface area (Å²) in [6.07, 6.45) is 1.63. The van der Waals surface area contributed by atoms with Crippen molar-refractivity contribution in [1.29, 1.82) is 0 Å². The molecule has 5 nitrogen and oxygen atoms in total. The molecule has 0 aliphatic carbocycles. The third kappa shape index (κ3) is 2.07. The molecular weight excluding hydrogens is 238 g/mol. The predicted molar refractivity (Wildman–Crippen MR) is 50.0 cm³/mol. The lowest BCUT2D eigenvalue weighted by Crippen LogP contribution is -2.25. The third-order valence-corrected chi connectivity index (χ3v) is 2.16. The van der Waals surface area contributed by atoms with Crippen LogP contribution in [0, 0.1) is 0 Å². The lowest BCUT2D eigenvalue weighted by atomic mass is 10.3. The normalized spacial score (nSPS) is 10.2. The SMILES string of the molecule is CON(C)C(=O)c1cn(C)nc1Br. The van der Waals surface area contributed by atoms with Crippen molar-refractivity contribution in [3.8, 4) is 0 Å². The van der Waals surface area contributed by atoms with E-state index in [1.807, 2.05) is 0 Å². The van der Waals surface area contributed by atoms with Crippen LogP contribution in [-0.4, -0.2) is 34.9 Å². The number of carbonyl (C=O) groups is 1. The lowest BCUT2D eigenvalue weighted by Gasteiger charge is -2.11. The van der Waals surface area contributed by atoms with Crippen molar-refractivity contribution >= 4 is 21.8 Å². The molecule has 1 rings (SSSR count). The largest absolute Gasteiger partial charge is 0.281 e. The van der Waals surface area contributed by atoms with Gasteiger partial charge in [0.05, 0.1) is 12.7 Å². The number of hydroxylamine groups is 2. The minimum Gasteiger partial charge on any atom is -0.274 e. The highest BCUT2D eigenvalue weighted by atomic mass is 79.9. The van der Waals surface area contributed by atoms with E-state index in [9.17, 15) is 4.79 Å². The maximum Gasteiger partial charge on any atom is 0.281 e. The van der Waals surface area contributed by atoms with Gasteiger partial charge in [-0.3, -0.25) is 14.3 Å². The van der Waals surface area contributed by atoms with Crippen LogP contribution in [0.3, 0.4) is 0 Å². The third-order valence-electron chi connectivity index (χ3n) is 1.57. The van der Waals surface area contributed by atoms with Crippen LogP contribution in [-0.2, 0) is 11.9 Å². The van der Waals surface area contributed by atoms with Gasteiger partial charge in [-0.1, -0.05) is 0 Å². The monoisotopic (exact) mass is 247 g/mol. The summed E-state index contributed by atoms with van der Waals surface area (Å²) in [4.78, 5) is 16.3. The van der Waals surface area contributed by atoms with Crippen LogP contribution in [0.25, 0.3) is 0 Å². The van der Waals surface area contributed by atoms with Crippen molar-refractivity contribution < 1.29 is 9.63 Å². The summed E-state index contributed by atoms with van der Waals surface area (Å²) in [6, 6.07) is 0. The summed E-state index contributed by atoms with van der Waals surface area (Å²) in [5.74, 6) is -0.234. The maximum absolute atomic E-state index is 11.5. The van der Waals surface area contributed by atoms with Gasteiger partial charge >= 0.3 is 0 Å². The minimum atomic E-state index is -0.234. The van der Waals surface area contributed by atoms with Crippen molar-refractivity contribution in [3.05, 3.63) is 16.4 Å². The lowest BCUT2D eigenvalue weighted by molar-refractivity contribution is -0.0757. The Hall–Kier alpha value is -0.880. The summed E-state index contributed by atoms with van der Waals surface area (Å²) in [6.45, 7) is 0. The highest BCUT2D eigenvalue weighted by Gasteiger charge is 2.17. The van der Waals surface area contributed by atoms with Crippen LogP contribution in [0.15, 0.2) is 10.8 Å². The molecule has 0 spiro atoms. The summed E-state index contributed by atoms with van der Waals surface area (Å²) in [5, 5.41) is 5.12. The van der Waals surface area contributed by atoms with E-state index in [-0.39, 0.29) is 5.91 Å². The first kappa shape index (κ1) is 10.2. The Morgan fingerprint density at radius 3 is 2.77 bits per heavy atom. The van der Waals surface area contributed by atoms with Crippen molar-refractivity contribution in [1.82, 2.24) is 14.8 Å². The Bertz CT molecular complexity index is 324. The van der Waals surface area contributed by atoms with Gasteiger partial charge in [-0.25, -0.2) is 5.06 Å². The van der Waals surface area contributed by atoms with Gasteiger partial charge in [0.15, 0.2) is 0 Å². The second-order valence-electron chi connectivity index (χ2n) is 2.49. The van der Waals surface area contributed by atoms with Crippen LogP contribution in [0.5, 0.6) is 0 Å². The van der Waals surface area contributed by atoms with Crippen molar-refractivity contribution in [2.24, 2.45) is 7.05 Å². The van der Waals surface area contributed by atoms with Gasteiger partial charge < -0.3 is 0 Å². The standard InChI is InChI=1S/C7H10BrN3O2/c1-10-4-5(6(8)9-10)7(12)11(2)13-3/h4H,1-3H3. The molecule has 0 aliphatic rings. The number of nitrogens with zero attached hydrogens (tertiary/aromatic N) is 3. The number of carbonyl (C=O) groups excluding carboxylic acids is 1. The maximum atomic E-state index is 11.5. The molecule has 0 unspecified atom stereocenters. The summed E-state index contributed by atoms with van der Waals surface area (Å²) >= 11 is 3.18. The van der Waals surface area contributed by atoms with E-state index in [2.05, 4.69) is 21.0 Å². The summed E-state index contributed by atoms with van der Waals surface area (Å²) < 4.78 is 2.07. The molecule has 0 saturated heterocycles. The number of amides is 1. The van der Waals surface area contributed by atoms with Crippen LogP contribution in [0.4, 0.5) is 0 Å². The summed E-state index contributed by atoms with van der Waals surface area (Å²) in [5.41, 5.74) is 0.479. The zero-order valence-corrected chi connectivity index (χ0v) is 9.20. The molecule has 1 heterocycles. The molecular formula is C7H10BrN3O2. The van der Waals surface area contributed by atoms with Crippen LogP contribution in [0.1, 0.15) is 10.4 Å². The summed E-state index contributed by atoms with van der Waals surface area (Å²) in [7, 11) is 4.72. The van der Waals surface area contributed by atoms with Crippen LogP contribution < -0.4 is 0 Å². The number of hydrogen-bond acceptors (Lipinski definition) is 3. The van der Waals surface area contributed by atoms with Gasteiger partial charge in [0.25, 0.3) is 5.91 Å². The molecule has 0 atom stereocenters. The quantitative estimate of drug-likeness (QED) is 0.728. The molecule has 0 fully saturated rings. The molecule has 1 amide bonds. The van der Waals surface area contributed by atoms with Crippen LogP contribution >= 0.6 is 15.9 Å². The first-order valence-electron chi connectivity index (χ1n) is 3.57. The first-order chi connectivity index (χ1) is 6.06. The molecule has 0 aliphatic heterocycles. The van der Waals surface area contributed by atoms with Gasteiger partial charge in [0.2, 0.25) is 0 Å². The molecule has 0 aromatic carbocycles. The molecule has 13 heavy (non-hydrogen) atoms. The fraction of sp³-hybridized carbons (Fsp3) is 0.429. The highest BCUT2D eigenvalue weighted by Crippen LogP contribution is 2.15. The zero-order chi connectivity index (χ0) is 10.0. The highest BCUT2D eigenvalue weighted by molar-refractivity contribution is 9.10. The first-order valence-corrected chi connectivity index (χ1v) is 4.37. The van der Waals surface area contributed by atoms with Crippen molar-refractivity contribution in [3.63, 3.8) is 0 Å². The number of halogens is 1. The van der Waals surface area contributed by atoms with E-state index in [1.54, 1.807) is 25.0 Å². The molecule has 0 radical (unpaired) electrons. The van der Waals surface area contributed by atoms with Gasteiger partial charge in [-0.2, -0.15) is 5.10 Å².